The van der Waals surface area contributed by atoms with Gasteiger partial charge in [0.2, 0.25) is 0 Å². The second-order valence-electron chi connectivity index (χ2n) is 5.12. The van der Waals surface area contributed by atoms with Crippen LogP contribution in [0.15, 0.2) is 60.7 Å². The summed E-state index contributed by atoms with van der Waals surface area (Å²) in [6.45, 7) is 2.45. The van der Waals surface area contributed by atoms with Crippen LogP contribution in [0.5, 0.6) is 0 Å². The van der Waals surface area contributed by atoms with Crippen LogP contribution in [-0.4, -0.2) is 35.5 Å². The Morgan fingerprint density at radius 2 is 1.42 bits per heavy atom. The third-order valence-corrected chi connectivity index (χ3v) is 2.95. The fourth-order valence-electron chi connectivity index (χ4n) is 1.82. The van der Waals surface area contributed by atoms with Crippen molar-refractivity contribution in [1.82, 2.24) is 0 Å². The second kappa shape index (κ2) is 12.2. The van der Waals surface area contributed by atoms with Gasteiger partial charge in [-0.2, -0.15) is 0 Å². The number of benzene rings is 2. The summed E-state index contributed by atoms with van der Waals surface area (Å²) in [6, 6.07) is 19.9. The highest BCUT2D eigenvalue weighted by Crippen LogP contribution is 2.05. The van der Waals surface area contributed by atoms with Crippen molar-refractivity contribution in [3.8, 4) is 0 Å². The molecule has 130 valence electrons. The summed E-state index contributed by atoms with van der Waals surface area (Å²) in [7, 11) is 0. The van der Waals surface area contributed by atoms with E-state index in [-0.39, 0.29) is 12.7 Å². The fraction of sp³-hybridized carbons (Fsp3) is 0.316. The van der Waals surface area contributed by atoms with Crippen molar-refractivity contribution >= 4 is 5.97 Å². The van der Waals surface area contributed by atoms with E-state index in [1.54, 1.807) is 0 Å². The number of carbonyl (C=O) groups is 1. The fourth-order valence-corrected chi connectivity index (χ4v) is 1.82. The van der Waals surface area contributed by atoms with Gasteiger partial charge in [-0.15, -0.1) is 0 Å². The zero-order chi connectivity index (χ0) is 17.6. The van der Waals surface area contributed by atoms with Gasteiger partial charge in [0, 0.05) is 6.92 Å². The van der Waals surface area contributed by atoms with Crippen LogP contribution in [-0.2, 0) is 27.5 Å². The lowest BCUT2D eigenvalue weighted by molar-refractivity contribution is -0.134. The van der Waals surface area contributed by atoms with E-state index in [0.29, 0.717) is 19.8 Å². The largest absolute Gasteiger partial charge is 0.481 e. The van der Waals surface area contributed by atoms with Crippen LogP contribution in [0.1, 0.15) is 18.1 Å². The minimum absolute atomic E-state index is 0.0401. The zero-order valence-corrected chi connectivity index (χ0v) is 13.8. The van der Waals surface area contributed by atoms with E-state index in [0.717, 1.165) is 18.1 Å². The van der Waals surface area contributed by atoms with Gasteiger partial charge in [0.1, 0.15) is 6.10 Å². The van der Waals surface area contributed by atoms with Crippen LogP contribution in [0, 0.1) is 0 Å². The van der Waals surface area contributed by atoms with Crippen LogP contribution >= 0.6 is 0 Å². The Hall–Kier alpha value is -2.21. The molecule has 0 aliphatic rings. The Kier molecular flexibility index (Phi) is 10.1. The number of aliphatic hydroxyl groups is 1. The summed E-state index contributed by atoms with van der Waals surface area (Å²) < 4.78 is 11.2. The number of aliphatic hydroxyl groups excluding tert-OH is 1. The Labute approximate surface area is 142 Å². The summed E-state index contributed by atoms with van der Waals surface area (Å²) in [6.07, 6.45) is -0.293. The lowest BCUT2D eigenvalue weighted by atomic mass is 10.2. The monoisotopic (exact) mass is 332 g/mol. The van der Waals surface area contributed by atoms with Gasteiger partial charge in [-0.25, -0.2) is 0 Å². The van der Waals surface area contributed by atoms with Gasteiger partial charge in [-0.1, -0.05) is 60.7 Å². The number of aliphatic carboxylic acids is 1. The Morgan fingerprint density at radius 3 is 1.88 bits per heavy atom. The van der Waals surface area contributed by atoms with E-state index in [9.17, 15) is 5.11 Å². The normalized spacial score (nSPS) is 11.2. The summed E-state index contributed by atoms with van der Waals surface area (Å²) in [5.41, 5.74) is 2.21. The molecule has 0 heterocycles. The molecule has 0 aliphatic carbocycles. The molecule has 2 N–H and O–H groups in total. The first-order chi connectivity index (χ1) is 11.6. The molecule has 5 nitrogen and oxygen atoms in total. The molecule has 5 heteroatoms. The Bertz CT molecular complexity index is 552. The molecule has 2 aromatic rings. The quantitative estimate of drug-likeness (QED) is 0.777. The molecule has 0 fully saturated rings. The second-order valence-corrected chi connectivity index (χ2v) is 5.12. The number of rotatable bonds is 8. The molecule has 0 amide bonds. The molecule has 2 aromatic carbocycles. The van der Waals surface area contributed by atoms with Gasteiger partial charge in [-0.3, -0.25) is 4.79 Å². The van der Waals surface area contributed by atoms with E-state index in [4.69, 9.17) is 19.4 Å². The van der Waals surface area contributed by atoms with Crippen LogP contribution in [0.3, 0.4) is 0 Å². The first-order valence-corrected chi connectivity index (χ1v) is 7.69. The number of carboxylic acids is 1. The molecule has 0 aliphatic heterocycles. The van der Waals surface area contributed by atoms with Crippen LogP contribution in [0.2, 0.25) is 0 Å². The first kappa shape index (κ1) is 19.8. The van der Waals surface area contributed by atoms with E-state index in [2.05, 4.69) is 0 Å². The third-order valence-electron chi connectivity index (χ3n) is 2.95. The smallest absolute Gasteiger partial charge is 0.300 e. The molecule has 0 aromatic heterocycles. The lowest BCUT2D eigenvalue weighted by Gasteiger charge is -2.15. The molecule has 0 radical (unpaired) electrons. The minimum atomic E-state index is -0.833. The van der Waals surface area contributed by atoms with Crippen LogP contribution < -0.4 is 0 Å². The molecule has 0 bridgehead atoms. The molecular weight excluding hydrogens is 308 g/mol. The van der Waals surface area contributed by atoms with Crippen LogP contribution in [0.25, 0.3) is 0 Å². The van der Waals surface area contributed by atoms with Crippen molar-refractivity contribution in [3.05, 3.63) is 71.8 Å². The van der Waals surface area contributed by atoms with Crippen molar-refractivity contribution in [2.24, 2.45) is 0 Å². The van der Waals surface area contributed by atoms with Crippen molar-refractivity contribution in [2.45, 2.75) is 26.2 Å². The predicted molar refractivity (Wildman–Crippen MR) is 91.5 cm³/mol. The number of hydrogen-bond donors (Lipinski definition) is 2. The molecular formula is C19H24O5. The third kappa shape index (κ3) is 9.74. The van der Waals surface area contributed by atoms with E-state index < -0.39 is 5.97 Å². The van der Waals surface area contributed by atoms with Gasteiger partial charge in [0.15, 0.2) is 0 Å². The molecule has 24 heavy (non-hydrogen) atoms. The van der Waals surface area contributed by atoms with Crippen molar-refractivity contribution < 1.29 is 24.5 Å². The summed E-state index contributed by atoms with van der Waals surface area (Å²) in [5, 5.41) is 16.7. The lowest BCUT2D eigenvalue weighted by Crippen LogP contribution is -2.23. The van der Waals surface area contributed by atoms with Gasteiger partial charge in [0.05, 0.1) is 26.4 Å². The maximum Gasteiger partial charge on any atom is 0.300 e. The minimum Gasteiger partial charge on any atom is -0.481 e. The van der Waals surface area contributed by atoms with Gasteiger partial charge in [-0.05, 0) is 11.1 Å². The summed E-state index contributed by atoms with van der Waals surface area (Å²) >= 11 is 0. The van der Waals surface area contributed by atoms with Crippen molar-refractivity contribution in [3.63, 3.8) is 0 Å². The molecule has 0 saturated carbocycles. The highest BCUT2D eigenvalue weighted by atomic mass is 16.5. The molecule has 0 unspecified atom stereocenters. The zero-order valence-electron chi connectivity index (χ0n) is 13.8. The molecule has 0 saturated heterocycles. The average Bonchev–Trinajstić information content (AvgIpc) is 2.59. The maximum atomic E-state index is 9.30. The number of ether oxygens (including phenoxy) is 2. The van der Waals surface area contributed by atoms with Gasteiger partial charge in [0.25, 0.3) is 5.97 Å². The van der Waals surface area contributed by atoms with Crippen molar-refractivity contribution in [2.75, 3.05) is 13.2 Å². The number of hydrogen-bond acceptors (Lipinski definition) is 4. The van der Waals surface area contributed by atoms with E-state index in [1.165, 1.54) is 0 Å². The topological polar surface area (TPSA) is 76.0 Å². The van der Waals surface area contributed by atoms with Crippen LogP contribution in [0.4, 0.5) is 0 Å². The Morgan fingerprint density at radius 1 is 0.958 bits per heavy atom. The predicted octanol–water partition coefficient (Wildman–Crippen LogP) is 2.87. The Balaban J connectivity index is 0.000000648. The van der Waals surface area contributed by atoms with E-state index >= 15 is 0 Å². The van der Waals surface area contributed by atoms with Gasteiger partial charge < -0.3 is 19.7 Å². The molecule has 2 rings (SSSR count). The van der Waals surface area contributed by atoms with Crippen molar-refractivity contribution in [1.29, 1.82) is 0 Å². The highest BCUT2D eigenvalue weighted by Gasteiger charge is 2.08. The molecule has 0 spiro atoms. The maximum absolute atomic E-state index is 9.30. The summed E-state index contributed by atoms with van der Waals surface area (Å²) in [4.78, 5) is 9.00. The highest BCUT2D eigenvalue weighted by molar-refractivity contribution is 5.62. The molecule has 1 atom stereocenters. The SMILES string of the molecule is CC(=O)O.OC[C@H](COCc1ccccc1)OCc1ccccc1. The van der Waals surface area contributed by atoms with Gasteiger partial charge >= 0.3 is 0 Å². The van der Waals surface area contributed by atoms with E-state index in [1.807, 2.05) is 60.7 Å². The average molecular weight is 332 g/mol. The standard InChI is InChI=1S/C17H20O3.C2H4O2/c18-11-17(20-13-16-9-5-2-6-10-16)14-19-12-15-7-3-1-4-8-15;1-2(3)4/h1-10,17-18H,11-14H2;1H3,(H,3,4)/t17-;/m1./s1. The number of carboxylic acid groups (broad SMARTS) is 1. The summed E-state index contributed by atoms with van der Waals surface area (Å²) in [5.74, 6) is -0.833. The first-order valence-electron chi connectivity index (χ1n) is 7.69.